The van der Waals surface area contributed by atoms with Gasteiger partial charge in [0.15, 0.2) is 5.78 Å². The zero-order valence-corrected chi connectivity index (χ0v) is 8.92. The Kier molecular flexibility index (Phi) is 4.36. The first-order valence-corrected chi connectivity index (χ1v) is 4.87. The number of hydrogen-bond acceptors (Lipinski definition) is 4. The highest BCUT2D eigenvalue weighted by Crippen LogP contribution is 2.12. The molecule has 0 spiro atoms. The molecule has 6 nitrogen and oxygen atoms in total. The predicted molar refractivity (Wildman–Crippen MR) is 58.8 cm³/mol. The van der Waals surface area contributed by atoms with Gasteiger partial charge < -0.3 is 5.11 Å². The second-order valence-electron chi connectivity index (χ2n) is 3.39. The number of carbonyl (C=O) groups is 3. The molecular weight excluding hydrogens is 224 g/mol. The van der Waals surface area contributed by atoms with Crippen LogP contribution in [0.15, 0.2) is 30.3 Å². The number of benzene rings is 1. The highest BCUT2D eigenvalue weighted by atomic mass is 16.4. The summed E-state index contributed by atoms with van der Waals surface area (Å²) in [5.41, 5.74) is 2.08. The van der Waals surface area contributed by atoms with E-state index in [0.717, 1.165) is 0 Å². The van der Waals surface area contributed by atoms with Crippen LogP contribution in [-0.4, -0.2) is 22.8 Å². The van der Waals surface area contributed by atoms with Crippen molar-refractivity contribution in [1.82, 2.24) is 5.43 Å². The van der Waals surface area contributed by atoms with Gasteiger partial charge in [0.25, 0.3) is 0 Å². The van der Waals surface area contributed by atoms with Gasteiger partial charge in [-0.2, -0.15) is 0 Å². The predicted octanol–water partition coefficient (Wildman–Crippen LogP) is -0.0499. The van der Waals surface area contributed by atoms with Gasteiger partial charge >= 0.3 is 5.97 Å². The van der Waals surface area contributed by atoms with Gasteiger partial charge in [-0.3, -0.25) is 19.8 Å². The lowest BCUT2D eigenvalue weighted by Crippen LogP contribution is -2.40. The lowest BCUT2D eigenvalue weighted by molar-refractivity contribution is -0.140. The third-order valence-corrected chi connectivity index (χ3v) is 2.21. The Morgan fingerprint density at radius 2 is 1.82 bits per heavy atom. The molecule has 0 aliphatic carbocycles. The number of ketones is 1. The molecule has 17 heavy (non-hydrogen) atoms. The molecule has 0 saturated carbocycles. The normalized spacial score (nSPS) is 11.6. The Morgan fingerprint density at radius 3 is 2.29 bits per heavy atom. The summed E-state index contributed by atoms with van der Waals surface area (Å²) in [7, 11) is 0. The number of nitrogens with two attached hydrogens (primary N) is 1. The van der Waals surface area contributed by atoms with E-state index in [9.17, 15) is 14.4 Å². The molecule has 0 radical (unpaired) electrons. The highest BCUT2D eigenvalue weighted by molar-refractivity contribution is 6.11. The van der Waals surface area contributed by atoms with Gasteiger partial charge in [-0.1, -0.05) is 30.3 Å². The fourth-order valence-electron chi connectivity index (χ4n) is 1.38. The molecule has 1 unspecified atom stereocenters. The molecule has 6 heteroatoms. The molecule has 1 aromatic rings. The topological polar surface area (TPSA) is 109 Å². The van der Waals surface area contributed by atoms with E-state index in [2.05, 4.69) is 0 Å². The van der Waals surface area contributed by atoms with Gasteiger partial charge in [-0.15, -0.1) is 0 Å². The first-order valence-electron chi connectivity index (χ1n) is 4.87. The molecule has 0 aliphatic heterocycles. The van der Waals surface area contributed by atoms with Crippen LogP contribution < -0.4 is 11.3 Å². The van der Waals surface area contributed by atoms with Crippen molar-refractivity contribution in [2.75, 3.05) is 0 Å². The van der Waals surface area contributed by atoms with Crippen LogP contribution in [0, 0.1) is 5.92 Å². The lowest BCUT2D eigenvalue weighted by atomic mass is 9.94. The zero-order chi connectivity index (χ0) is 12.8. The Morgan fingerprint density at radius 1 is 1.24 bits per heavy atom. The molecule has 1 atom stereocenters. The van der Waals surface area contributed by atoms with Gasteiger partial charge in [0.2, 0.25) is 5.91 Å². The number of aliphatic carboxylic acids is 1. The van der Waals surface area contributed by atoms with Crippen LogP contribution in [0.25, 0.3) is 0 Å². The Hall–Kier alpha value is -2.21. The molecular formula is C11H12N2O4. The summed E-state index contributed by atoms with van der Waals surface area (Å²) in [5.74, 6) is 1.02. The van der Waals surface area contributed by atoms with E-state index in [4.69, 9.17) is 10.9 Å². The SMILES string of the molecule is NNC(=O)C(CC(=O)O)C(=O)c1ccccc1. The molecule has 4 N–H and O–H groups in total. The van der Waals surface area contributed by atoms with Crippen LogP contribution >= 0.6 is 0 Å². The Bertz CT molecular complexity index is 430. The minimum absolute atomic E-state index is 0.280. The smallest absolute Gasteiger partial charge is 0.304 e. The van der Waals surface area contributed by atoms with E-state index < -0.39 is 30.0 Å². The fraction of sp³-hybridized carbons (Fsp3) is 0.182. The monoisotopic (exact) mass is 236 g/mol. The Balaban J connectivity index is 2.94. The summed E-state index contributed by atoms with van der Waals surface area (Å²) >= 11 is 0. The second kappa shape index (κ2) is 5.76. The molecule has 0 heterocycles. The number of hydrogen-bond donors (Lipinski definition) is 3. The van der Waals surface area contributed by atoms with Crippen molar-refractivity contribution in [3.8, 4) is 0 Å². The van der Waals surface area contributed by atoms with E-state index in [-0.39, 0.29) is 5.56 Å². The standard InChI is InChI=1S/C11H12N2O4/c12-13-11(17)8(6-9(14)15)10(16)7-4-2-1-3-5-7/h1-5,8H,6,12H2,(H,13,17)(H,14,15). The number of hydrazine groups is 1. The molecule has 1 amide bonds. The largest absolute Gasteiger partial charge is 0.481 e. The molecule has 90 valence electrons. The van der Waals surface area contributed by atoms with Crippen LogP contribution in [0.2, 0.25) is 0 Å². The third kappa shape index (κ3) is 3.39. The maximum atomic E-state index is 11.9. The highest BCUT2D eigenvalue weighted by Gasteiger charge is 2.29. The molecule has 0 bridgehead atoms. The zero-order valence-electron chi connectivity index (χ0n) is 8.92. The van der Waals surface area contributed by atoms with Crippen LogP contribution in [0.4, 0.5) is 0 Å². The summed E-state index contributed by atoms with van der Waals surface area (Å²) < 4.78 is 0. The number of nitrogens with one attached hydrogen (secondary N) is 1. The molecule has 0 fully saturated rings. The minimum Gasteiger partial charge on any atom is -0.481 e. The van der Waals surface area contributed by atoms with E-state index >= 15 is 0 Å². The average molecular weight is 236 g/mol. The number of amides is 1. The summed E-state index contributed by atoms with van der Waals surface area (Å²) in [6, 6.07) is 8.00. The van der Waals surface area contributed by atoms with Gasteiger partial charge in [0.1, 0.15) is 5.92 Å². The van der Waals surface area contributed by atoms with Crippen LogP contribution in [0.5, 0.6) is 0 Å². The summed E-state index contributed by atoms with van der Waals surface area (Å²) in [6.07, 6.45) is -0.587. The van der Waals surface area contributed by atoms with E-state index in [1.807, 2.05) is 0 Å². The van der Waals surface area contributed by atoms with Gasteiger partial charge in [-0.05, 0) is 0 Å². The Labute approximate surface area is 97.4 Å². The molecule has 1 rings (SSSR count). The first kappa shape index (κ1) is 12.9. The molecule has 0 saturated heterocycles. The lowest BCUT2D eigenvalue weighted by Gasteiger charge is -2.11. The van der Waals surface area contributed by atoms with Crippen molar-refractivity contribution >= 4 is 17.7 Å². The summed E-state index contributed by atoms with van der Waals surface area (Å²) in [6.45, 7) is 0. The van der Waals surface area contributed by atoms with Crippen LogP contribution in [-0.2, 0) is 9.59 Å². The van der Waals surface area contributed by atoms with Gasteiger partial charge in [0.05, 0.1) is 6.42 Å². The first-order chi connectivity index (χ1) is 8.06. The van der Waals surface area contributed by atoms with Crippen LogP contribution in [0.1, 0.15) is 16.8 Å². The number of Topliss-reactive ketones (excluding diaryl/α,β-unsaturated/α-hetero) is 1. The minimum atomic E-state index is -1.31. The van der Waals surface area contributed by atoms with E-state index in [1.165, 1.54) is 12.1 Å². The van der Waals surface area contributed by atoms with E-state index in [1.54, 1.807) is 23.6 Å². The maximum Gasteiger partial charge on any atom is 0.304 e. The van der Waals surface area contributed by atoms with Crippen molar-refractivity contribution in [1.29, 1.82) is 0 Å². The quantitative estimate of drug-likeness (QED) is 0.218. The third-order valence-electron chi connectivity index (χ3n) is 2.21. The van der Waals surface area contributed by atoms with Crippen molar-refractivity contribution in [2.45, 2.75) is 6.42 Å². The molecule has 1 aromatic carbocycles. The van der Waals surface area contributed by atoms with Crippen molar-refractivity contribution in [2.24, 2.45) is 11.8 Å². The van der Waals surface area contributed by atoms with E-state index in [0.29, 0.717) is 0 Å². The number of rotatable bonds is 5. The van der Waals surface area contributed by atoms with Gasteiger partial charge in [-0.25, -0.2) is 5.84 Å². The van der Waals surface area contributed by atoms with Crippen LogP contribution in [0.3, 0.4) is 0 Å². The molecule has 0 aliphatic rings. The van der Waals surface area contributed by atoms with Crippen molar-refractivity contribution in [3.63, 3.8) is 0 Å². The second-order valence-corrected chi connectivity index (χ2v) is 3.39. The van der Waals surface area contributed by atoms with Crippen molar-refractivity contribution in [3.05, 3.63) is 35.9 Å². The fourth-order valence-corrected chi connectivity index (χ4v) is 1.38. The number of carbonyl (C=O) groups excluding carboxylic acids is 2. The summed E-state index contributed by atoms with van der Waals surface area (Å²) in [5, 5.41) is 8.65. The number of carboxylic acids is 1. The summed E-state index contributed by atoms with van der Waals surface area (Å²) in [4.78, 5) is 33.8. The maximum absolute atomic E-state index is 11.9. The average Bonchev–Trinajstić information content (AvgIpc) is 2.35. The van der Waals surface area contributed by atoms with Gasteiger partial charge in [0, 0.05) is 5.56 Å². The van der Waals surface area contributed by atoms with Crippen molar-refractivity contribution < 1.29 is 19.5 Å². The molecule has 0 aromatic heterocycles. The number of carboxylic acid groups (broad SMARTS) is 1.